The van der Waals surface area contributed by atoms with Crippen molar-refractivity contribution in [3.05, 3.63) is 11.7 Å². The highest BCUT2D eigenvalue weighted by atomic mass is 35.5. The molecule has 0 amide bonds. The Morgan fingerprint density at radius 2 is 2.36 bits per heavy atom. The Labute approximate surface area is 70.7 Å². The zero-order valence-corrected chi connectivity index (χ0v) is 7.26. The van der Waals surface area contributed by atoms with E-state index < -0.39 is 0 Å². The van der Waals surface area contributed by atoms with Crippen LogP contribution in [-0.4, -0.2) is 10.1 Å². The van der Waals surface area contributed by atoms with Crippen LogP contribution in [0, 0.1) is 0 Å². The van der Waals surface area contributed by atoms with Gasteiger partial charge in [0.25, 0.3) is 0 Å². The van der Waals surface area contributed by atoms with Gasteiger partial charge >= 0.3 is 0 Å². The standard InChI is InChI=1S/C7H11ClN2O/c1-2-3-4-6-9-7(5-8)11-10-6/h2-5H2,1H3. The van der Waals surface area contributed by atoms with Crippen molar-refractivity contribution in [2.45, 2.75) is 32.1 Å². The Morgan fingerprint density at radius 3 is 2.91 bits per heavy atom. The smallest absolute Gasteiger partial charge is 0.241 e. The van der Waals surface area contributed by atoms with Gasteiger partial charge in [-0.1, -0.05) is 18.5 Å². The number of aryl methyl sites for hydroxylation is 1. The Balaban J connectivity index is 2.44. The van der Waals surface area contributed by atoms with Gasteiger partial charge in [-0.05, 0) is 6.42 Å². The molecule has 0 unspecified atom stereocenters. The normalized spacial score (nSPS) is 10.4. The molecule has 0 fully saturated rings. The highest BCUT2D eigenvalue weighted by Crippen LogP contribution is 2.03. The lowest BCUT2D eigenvalue weighted by molar-refractivity contribution is 0.383. The van der Waals surface area contributed by atoms with E-state index in [-0.39, 0.29) is 0 Å². The van der Waals surface area contributed by atoms with Crippen LogP contribution in [0.4, 0.5) is 0 Å². The third-order valence-electron chi connectivity index (χ3n) is 1.38. The lowest BCUT2D eigenvalue weighted by Crippen LogP contribution is -1.87. The van der Waals surface area contributed by atoms with Gasteiger partial charge in [0.05, 0.1) is 0 Å². The zero-order chi connectivity index (χ0) is 8.10. The molecule has 1 aromatic heterocycles. The van der Waals surface area contributed by atoms with Gasteiger partial charge in [-0.3, -0.25) is 0 Å². The van der Waals surface area contributed by atoms with Crippen molar-refractivity contribution in [1.29, 1.82) is 0 Å². The van der Waals surface area contributed by atoms with Crippen LogP contribution in [0.2, 0.25) is 0 Å². The predicted octanol–water partition coefficient (Wildman–Crippen LogP) is 2.15. The summed E-state index contributed by atoms with van der Waals surface area (Å²) in [5.41, 5.74) is 0. The van der Waals surface area contributed by atoms with Crippen LogP contribution in [0.15, 0.2) is 4.52 Å². The maximum absolute atomic E-state index is 5.48. The van der Waals surface area contributed by atoms with Crippen LogP contribution in [0.5, 0.6) is 0 Å². The summed E-state index contributed by atoms with van der Waals surface area (Å²) in [4.78, 5) is 4.06. The minimum absolute atomic E-state index is 0.305. The monoisotopic (exact) mass is 174 g/mol. The van der Waals surface area contributed by atoms with Gasteiger partial charge in [0.15, 0.2) is 5.82 Å². The number of hydrogen-bond donors (Lipinski definition) is 0. The summed E-state index contributed by atoms with van der Waals surface area (Å²) in [7, 11) is 0. The van der Waals surface area contributed by atoms with E-state index in [2.05, 4.69) is 17.1 Å². The van der Waals surface area contributed by atoms with Gasteiger partial charge in [-0.15, -0.1) is 11.6 Å². The van der Waals surface area contributed by atoms with E-state index in [0.717, 1.165) is 25.1 Å². The Morgan fingerprint density at radius 1 is 1.55 bits per heavy atom. The number of alkyl halides is 1. The van der Waals surface area contributed by atoms with Crippen LogP contribution < -0.4 is 0 Å². The second-order valence-electron chi connectivity index (χ2n) is 2.34. The van der Waals surface area contributed by atoms with E-state index >= 15 is 0 Å². The topological polar surface area (TPSA) is 38.9 Å². The van der Waals surface area contributed by atoms with Gasteiger partial charge in [0.1, 0.15) is 5.88 Å². The zero-order valence-electron chi connectivity index (χ0n) is 6.51. The maximum atomic E-state index is 5.48. The van der Waals surface area contributed by atoms with E-state index in [0.29, 0.717) is 11.8 Å². The number of nitrogens with zero attached hydrogens (tertiary/aromatic N) is 2. The van der Waals surface area contributed by atoms with Crippen LogP contribution in [0.3, 0.4) is 0 Å². The third kappa shape index (κ3) is 2.50. The predicted molar refractivity (Wildman–Crippen MR) is 42.5 cm³/mol. The molecule has 1 heterocycles. The molecule has 4 heteroatoms. The van der Waals surface area contributed by atoms with Crippen molar-refractivity contribution < 1.29 is 4.52 Å². The Hall–Kier alpha value is -0.570. The van der Waals surface area contributed by atoms with Crippen LogP contribution >= 0.6 is 11.6 Å². The molecule has 0 radical (unpaired) electrons. The summed E-state index contributed by atoms with van der Waals surface area (Å²) in [5, 5.41) is 3.75. The van der Waals surface area contributed by atoms with Gasteiger partial charge < -0.3 is 4.52 Å². The molecule has 0 N–H and O–H groups in total. The van der Waals surface area contributed by atoms with Crippen LogP contribution in [0.1, 0.15) is 31.5 Å². The first kappa shape index (κ1) is 8.53. The Bertz CT molecular complexity index is 212. The first-order valence-corrected chi connectivity index (χ1v) is 4.27. The van der Waals surface area contributed by atoms with Crippen molar-refractivity contribution in [2.75, 3.05) is 0 Å². The summed E-state index contributed by atoms with van der Waals surface area (Å²) < 4.78 is 4.82. The highest BCUT2D eigenvalue weighted by molar-refractivity contribution is 6.16. The molecule has 0 bridgehead atoms. The van der Waals surface area contributed by atoms with Gasteiger partial charge in [-0.25, -0.2) is 0 Å². The molecule has 0 saturated carbocycles. The van der Waals surface area contributed by atoms with E-state index in [1.807, 2.05) is 0 Å². The minimum Gasteiger partial charge on any atom is -0.338 e. The molecule has 1 aromatic rings. The highest BCUT2D eigenvalue weighted by Gasteiger charge is 2.02. The molecule has 1 rings (SSSR count). The second-order valence-corrected chi connectivity index (χ2v) is 2.61. The fourth-order valence-corrected chi connectivity index (χ4v) is 0.889. The van der Waals surface area contributed by atoms with E-state index in [1.165, 1.54) is 0 Å². The van der Waals surface area contributed by atoms with Crippen molar-refractivity contribution >= 4 is 11.6 Å². The Kier molecular flexibility index (Phi) is 3.36. The fraction of sp³-hybridized carbons (Fsp3) is 0.714. The van der Waals surface area contributed by atoms with Crippen molar-refractivity contribution in [3.8, 4) is 0 Å². The summed E-state index contributed by atoms with van der Waals surface area (Å²) in [6.07, 6.45) is 3.13. The summed E-state index contributed by atoms with van der Waals surface area (Å²) in [6.45, 7) is 2.13. The first-order chi connectivity index (χ1) is 5.36. The van der Waals surface area contributed by atoms with Gasteiger partial charge in [-0.2, -0.15) is 4.98 Å². The third-order valence-corrected chi connectivity index (χ3v) is 1.61. The molecule has 0 spiro atoms. The molecule has 0 atom stereocenters. The molecule has 0 saturated heterocycles. The van der Waals surface area contributed by atoms with Gasteiger partial charge in [0.2, 0.25) is 5.89 Å². The average Bonchev–Trinajstić information content (AvgIpc) is 2.48. The molecule has 0 aliphatic rings. The number of halogens is 1. The average molecular weight is 175 g/mol. The molecule has 3 nitrogen and oxygen atoms in total. The van der Waals surface area contributed by atoms with E-state index in [4.69, 9.17) is 16.1 Å². The van der Waals surface area contributed by atoms with Crippen molar-refractivity contribution in [3.63, 3.8) is 0 Å². The summed E-state index contributed by atoms with van der Waals surface area (Å²) >= 11 is 5.48. The molecule has 0 aliphatic heterocycles. The van der Waals surface area contributed by atoms with E-state index in [1.54, 1.807) is 0 Å². The maximum Gasteiger partial charge on any atom is 0.241 e. The summed E-state index contributed by atoms with van der Waals surface area (Å²) in [6, 6.07) is 0. The lowest BCUT2D eigenvalue weighted by Gasteiger charge is -1.87. The number of unbranched alkanes of at least 4 members (excludes halogenated alkanes) is 1. The lowest BCUT2D eigenvalue weighted by atomic mass is 10.2. The van der Waals surface area contributed by atoms with Gasteiger partial charge in [0, 0.05) is 6.42 Å². The molecule has 11 heavy (non-hydrogen) atoms. The summed E-state index contributed by atoms with van der Waals surface area (Å²) in [5.74, 6) is 1.58. The van der Waals surface area contributed by atoms with Crippen molar-refractivity contribution in [2.24, 2.45) is 0 Å². The number of rotatable bonds is 4. The molecule has 62 valence electrons. The first-order valence-electron chi connectivity index (χ1n) is 3.74. The molecule has 0 aromatic carbocycles. The molecule has 0 aliphatic carbocycles. The largest absolute Gasteiger partial charge is 0.338 e. The quantitative estimate of drug-likeness (QED) is 0.657. The number of aromatic nitrogens is 2. The van der Waals surface area contributed by atoms with Crippen LogP contribution in [0.25, 0.3) is 0 Å². The molecular formula is C7H11ClN2O. The fourth-order valence-electron chi connectivity index (χ4n) is 0.781. The van der Waals surface area contributed by atoms with Crippen LogP contribution in [-0.2, 0) is 12.3 Å². The second kappa shape index (κ2) is 4.34. The SMILES string of the molecule is CCCCc1noc(CCl)n1. The van der Waals surface area contributed by atoms with E-state index in [9.17, 15) is 0 Å². The number of hydrogen-bond acceptors (Lipinski definition) is 3. The van der Waals surface area contributed by atoms with Crippen molar-refractivity contribution in [1.82, 2.24) is 10.1 Å². The minimum atomic E-state index is 0.305. The molecular weight excluding hydrogens is 164 g/mol.